The maximum absolute atomic E-state index is 13.1. The maximum atomic E-state index is 13.1. The van der Waals surface area contributed by atoms with Crippen molar-refractivity contribution in [2.75, 3.05) is 39.6 Å². The molecule has 3 N–H and O–H groups in total. The molecule has 0 saturated heterocycles. The lowest BCUT2D eigenvalue weighted by molar-refractivity contribution is -0.161. The largest absolute Gasteiger partial charge is 0.472 e. The Hall–Kier alpha value is -1.94. The van der Waals surface area contributed by atoms with E-state index in [0.717, 1.165) is 114 Å². The number of carbonyl (C=O) groups is 4. The summed E-state index contributed by atoms with van der Waals surface area (Å²) >= 11 is 0. The molecule has 0 saturated carbocycles. The molecular weight excluding hydrogens is 1260 g/mol. The third-order valence-electron chi connectivity index (χ3n) is 17.8. The number of phosphoric acid groups is 2. The Morgan fingerprint density at radius 3 is 0.646 bits per heavy atom. The van der Waals surface area contributed by atoms with Gasteiger partial charge in [-0.25, -0.2) is 9.13 Å². The summed E-state index contributed by atoms with van der Waals surface area (Å²) in [6.07, 6.45) is 51.5. The van der Waals surface area contributed by atoms with Crippen molar-refractivity contribution in [3.05, 3.63) is 0 Å². The van der Waals surface area contributed by atoms with Crippen LogP contribution in [0.3, 0.4) is 0 Å². The van der Waals surface area contributed by atoms with E-state index >= 15 is 0 Å². The average Bonchev–Trinajstić information content (AvgIpc) is 1.21. The number of ether oxygens (including phenoxy) is 4. The molecule has 0 aliphatic heterocycles. The van der Waals surface area contributed by atoms with E-state index in [9.17, 15) is 43.2 Å². The van der Waals surface area contributed by atoms with Gasteiger partial charge in [0, 0.05) is 25.7 Å². The van der Waals surface area contributed by atoms with Crippen molar-refractivity contribution >= 4 is 39.5 Å². The molecule has 0 aliphatic carbocycles. The summed E-state index contributed by atoms with van der Waals surface area (Å²) in [4.78, 5) is 72.8. The molecule has 570 valence electrons. The van der Waals surface area contributed by atoms with Crippen molar-refractivity contribution < 1.29 is 80.2 Å². The number of aliphatic hydroxyl groups excluding tert-OH is 1. The summed E-state index contributed by atoms with van der Waals surface area (Å²) in [6, 6.07) is 0. The van der Waals surface area contributed by atoms with Crippen LogP contribution in [0.15, 0.2) is 0 Å². The average molecular weight is 1410 g/mol. The fraction of sp³-hybridized carbons (Fsp3) is 0.948. The highest BCUT2D eigenvalue weighted by molar-refractivity contribution is 7.47. The molecule has 0 radical (unpaired) electrons. The van der Waals surface area contributed by atoms with E-state index in [1.54, 1.807) is 0 Å². The third-order valence-corrected chi connectivity index (χ3v) is 19.7. The Morgan fingerprint density at radius 2 is 0.438 bits per heavy atom. The Bertz CT molecular complexity index is 1880. The fourth-order valence-corrected chi connectivity index (χ4v) is 13.3. The van der Waals surface area contributed by atoms with Crippen molar-refractivity contribution in [1.29, 1.82) is 0 Å². The highest BCUT2D eigenvalue weighted by Gasteiger charge is 2.30. The molecule has 0 aliphatic rings. The van der Waals surface area contributed by atoms with Gasteiger partial charge < -0.3 is 33.8 Å². The highest BCUT2D eigenvalue weighted by atomic mass is 31.2. The maximum Gasteiger partial charge on any atom is 0.472 e. The minimum atomic E-state index is -4.96. The monoisotopic (exact) mass is 1410 g/mol. The summed E-state index contributed by atoms with van der Waals surface area (Å²) in [5.41, 5.74) is 0. The Balaban J connectivity index is 5.21. The first-order valence-corrected chi connectivity index (χ1v) is 42.7. The predicted molar refractivity (Wildman–Crippen MR) is 391 cm³/mol. The molecular formula is C77H150O17P2. The van der Waals surface area contributed by atoms with Gasteiger partial charge in [-0.15, -0.1) is 0 Å². The minimum Gasteiger partial charge on any atom is -0.462 e. The van der Waals surface area contributed by atoms with E-state index in [4.69, 9.17) is 37.0 Å². The Labute approximate surface area is 588 Å². The van der Waals surface area contributed by atoms with E-state index in [1.165, 1.54) is 186 Å². The van der Waals surface area contributed by atoms with Gasteiger partial charge >= 0.3 is 39.5 Å². The standard InChI is InChI=1S/C77H150O17P2/c1-67(2)53-45-37-29-23-17-13-10-9-11-15-19-26-32-41-49-57-74(79)87-63-72(93-77(82)60-52-44-34-28-22-21-25-31-39-47-55-69(5)6)65-91-95(83,84)89-61-71(78)62-90-96(85,86)92-66-73(64-88-75(80)58-50-42-36-35-40-48-56-70(7)8)94-76(81)59-51-43-33-27-20-16-12-14-18-24-30-38-46-54-68(3)4/h67-73,78H,9-66H2,1-8H3,(H,83,84)(H,85,86)/t71-,72-,73-/m1/s1. The van der Waals surface area contributed by atoms with Crippen LogP contribution in [0.2, 0.25) is 0 Å². The number of hydrogen-bond acceptors (Lipinski definition) is 15. The van der Waals surface area contributed by atoms with Crippen LogP contribution in [-0.4, -0.2) is 96.7 Å². The quantitative estimate of drug-likeness (QED) is 0.0222. The fourth-order valence-electron chi connectivity index (χ4n) is 11.7. The first-order chi connectivity index (χ1) is 46.1. The van der Waals surface area contributed by atoms with Crippen LogP contribution < -0.4 is 0 Å². The number of esters is 4. The SMILES string of the molecule is CC(C)CCCCCCCCCCCCCCCCCC(=O)OC[C@H](COP(=O)(O)OC[C@@H](O)COP(=O)(O)OC[C@@H](COC(=O)CCCCCCCCC(C)C)OC(=O)CCCCCCCCCCCCCCCC(C)C)OC(=O)CCCCCCCCCCCCC(C)C. The molecule has 0 bridgehead atoms. The van der Waals surface area contributed by atoms with Crippen molar-refractivity contribution in [3.8, 4) is 0 Å². The normalized spacial score (nSPS) is 14.1. The summed E-state index contributed by atoms with van der Waals surface area (Å²) < 4.78 is 68.5. The number of carbonyl (C=O) groups excluding carboxylic acids is 4. The molecule has 0 aromatic rings. The molecule has 2 unspecified atom stereocenters. The number of phosphoric ester groups is 2. The zero-order valence-corrected chi connectivity index (χ0v) is 64.8. The van der Waals surface area contributed by atoms with Crippen LogP contribution >= 0.6 is 15.6 Å². The third kappa shape index (κ3) is 70.5. The second kappa shape index (κ2) is 66.3. The van der Waals surface area contributed by atoms with Gasteiger partial charge in [-0.2, -0.15) is 0 Å². The van der Waals surface area contributed by atoms with Gasteiger partial charge in [0.25, 0.3) is 0 Å². The second-order valence-electron chi connectivity index (χ2n) is 29.7. The van der Waals surface area contributed by atoms with Crippen molar-refractivity contribution in [2.24, 2.45) is 23.7 Å². The van der Waals surface area contributed by atoms with Gasteiger partial charge in [0.1, 0.15) is 19.3 Å². The number of hydrogen-bond donors (Lipinski definition) is 3. The molecule has 0 amide bonds. The Kier molecular flexibility index (Phi) is 65.0. The topological polar surface area (TPSA) is 237 Å². The number of rotatable bonds is 74. The summed E-state index contributed by atoms with van der Waals surface area (Å²) in [5.74, 6) is 0.903. The lowest BCUT2D eigenvalue weighted by Crippen LogP contribution is -2.30. The van der Waals surface area contributed by atoms with Crippen LogP contribution in [-0.2, 0) is 65.4 Å². The van der Waals surface area contributed by atoms with Gasteiger partial charge in [-0.1, -0.05) is 338 Å². The van der Waals surface area contributed by atoms with Gasteiger partial charge in [0.05, 0.1) is 26.4 Å². The van der Waals surface area contributed by atoms with E-state index in [2.05, 4.69) is 55.4 Å². The molecule has 0 aromatic carbocycles. The molecule has 0 spiro atoms. The highest BCUT2D eigenvalue weighted by Crippen LogP contribution is 2.45. The molecule has 96 heavy (non-hydrogen) atoms. The van der Waals surface area contributed by atoms with E-state index in [1.807, 2.05) is 0 Å². The minimum absolute atomic E-state index is 0.106. The number of unbranched alkanes of at least 4 members (excludes halogenated alkanes) is 40. The summed E-state index contributed by atoms with van der Waals surface area (Å²) in [6.45, 7) is 14.2. The van der Waals surface area contributed by atoms with Crippen LogP contribution in [0.5, 0.6) is 0 Å². The van der Waals surface area contributed by atoms with E-state index in [0.29, 0.717) is 31.6 Å². The van der Waals surface area contributed by atoms with Crippen molar-refractivity contribution in [3.63, 3.8) is 0 Å². The molecule has 0 aromatic heterocycles. The zero-order valence-electron chi connectivity index (χ0n) is 63.0. The van der Waals surface area contributed by atoms with E-state index < -0.39 is 97.5 Å². The van der Waals surface area contributed by atoms with Crippen LogP contribution in [0.4, 0.5) is 0 Å². The smallest absolute Gasteiger partial charge is 0.462 e. The first kappa shape index (κ1) is 94.1. The summed E-state index contributed by atoms with van der Waals surface area (Å²) in [5, 5.41) is 10.6. The second-order valence-corrected chi connectivity index (χ2v) is 32.6. The zero-order chi connectivity index (χ0) is 71.0. The lowest BCUT2D eigenvalue weighted by atomic mass is 10.0. The van der Waals surface area contributed by atoms with Crippen molar-refractivity contribution in [2.45, 2.75) is 408 Å². The molecule has 17 nitrogen and oxygen atoms in total. The van der Waals surface area contributed by atoms with Crippen LogP contribution in [0, 0.1) is 23.7 Å². The first-order valence-electron chi connectivity index (χ1n) is 39.7. The predicted octanol–water partition coefficient (Wildman–Crippen LogP) is 22.4. The van der Waals surface area contributed by atoms with Gasteiger partial charge in [-0.3, -0.25) is 37.3 Å². The molecule has 5 atom stereocenters. The molecule has 19 heteroatoms. The number of aliphatic hydroxyl groups is 1. The molecule has 0 fully saturated rings. The lowest BCUT2D eigenvalue weighted by Gasteiger charge is -2.21. The van der Waals surface area contributed by atoms with Crippen LogP contribution in [0.25, 0.3) is 0 Å². The van der Waals surface area contributed by atoms with E-state index in [-0.39, 0.29) is 25.7 Å². The summed E-state index contributed by atoms with van der Waals surface area (Å²) in [7, 11) is -9.91. The van der Waals surface area contributed by atoms with Gasteiger partial charge in [-0.05, 0) is 49.4 Å². The van der Waals surface area contributed by atoms with Crippen LogP contribution in [0.1, 0.15) is 389 Å². The van der Waals surface area contributed by atoms with Gasteiger partial charge in [0.15, 0.2) is 12.2 Å². The van der Waals surface area contributed by atoms with Gasteiger partial charge in [0.2, 0.25) is 0 Å². The van der Waals surface area contributed by atoms with Crippen molar-refractivity contribution in [1.82, 2.24) is 0 Å². The Morgan fingerprint density at radius 1 is 0.260 bits per heavy atom. The molecule has 0 rings (SSSR count). The molecule has 0 heterocycles.